The third-order valence-corrected chi connectivity index (χ3v) is 3.51. The van der Waals surface area contributed by atoms with Crippen molar-refractivity contribution < 1.29 is 9.53 Å². The van der Waals surface area contributed by atoms with Gasteiger partial charge in [0.15, 0.2) is 0 Å². The molecule has 0 aromatic carbocycles. The van der Waals surface area contributed by atoms with Crippen LogP contribution in [0.15, 0.2) is 17.1 Å². The van der Waals surface area contributed by atoms with Crippen molar-refractivity contribution in [1.82, 2.24) is 0 Å². The van der Waals surface area contributed by atoms with Gasteiger partial charge >= 0.3 is 5.97 Å². The van der Waals surface area contributed by atoms with Gasteiger partial charge < -0.3 is 4.74 Å². The Labute approximate surface area is 91.4 Å². The first-order chi connectivity index (χ1) is 6.69. The molecule has 1 fully saturated rings. The molecule has 0 aromatic rings. The first kappa shape index (κ1) is 9.90. The first-order valence-electron chi connectivity index (χ1n) is 4.65. The van der Waals surface area contributed by atoms with Gasteiger partial charge in [0.2, 0.25) is 0 Å². The van der Waals surface area contributed by atoms with E-state index >= 15 is 0 Å². The quantitative estimate of drug-likeness (QED) is 0.710. The highest BCUT2D eigenvalue weighted by Gasteiger charge is 2.55. The van der Waals surface area contributed by atoms with Crippen molar-refractivity contribution >= 4 is 26.5 Å². The molecule has 1 unspecified atom stereocenters. The summed E-state index contributed by atoms with van der Waals surface area (Å²) in [6.07, 6.45) is 5.84. The number of methoxy groups -OCH3 is 1. The highest BCUT2D eigenvalue weighted by Crippen LogP contribution is 2.54. The summed E-state index contributed by atoms with van der Waals surface area (Å²) in [5.41, 5.74) is -0.261. The minimum absolute atomic E-state index is 0.0830. The van der Waals surface area contributed by atoms with Crippen molar-refractivity contribution in [3.63, 3.8) is 0 Å². The zero-order chi connectivity index (χ0) is 10.2. The Hall–Kier alpha value is -0.640. The summed E-state index contributed by atoms with van der Waals surface area (Å²) in [6.45, 7) is 0.687. The number of nitrogens with zero attached hydrogens (tertiary/aromatic N) is 1. The summed E-state index contributed by atoms with van der Waals surface area (Å²) in [4.78, 5) is 15.8. The molecule has 1 atom stereocenters. The second-order valence-electron chi connectivity index (χ2n) is 3.78. The highest BCUT2D eigenvalue weighted by molar-refractivity contribution is 9.18. The van der Waals surface area contributed by atoms with E-state index in [-0.39, 0.29) is 17.3 Å². The predicted molar refractivity (Wildman–Crippen MR) is 57.5 cm³/mol. The Bertz CT molecular complexity index is 318. The van der Waals surface area contributed by atoms with Gasteiger partial charge in [-0.05, 0) is 34.8 Å². The third kappa shape index (κ3) is 1.52. The summed E-state index contributed by atoms with van der Waals surface area (Å²) >= 11 is 3.30. The molecule has 0 spiro atoms. The van der Waals surface area contributed by atoms with E-state index in [1.165, 1.54) is 7.11 Å². The Morgan fingerprint density at radius 2 is 2.43 bits per heavy atom. The zero-order valence-electron chi connectivity index (χ0n) is 8.00. The van der Waals surface area contributed by atoms with E-state index < -0.39 is 0 Å². The standard InChI is InChI=1S/C10H12BrNO2/c1-14-9(13)10(4-5-10)7-2-3-8(11)12-6-7/h2-3,7H,4-6H2,1H3. The number of carbonyl (C=O) groups excluding carboxylic acids is 1. The van der Waals surface area contributed by atoms with Crippen LogP contribution in [0.5, 0.6) is 0 Å². The largest absolute Gasteiger partial charge is 0.469 e. The van der Waals surface area contributed by atoms with Crippen LogP contribution in [0.25, 0.3) is 0 Å². The minimum Gasteiger partial charge on any atom is -0.469 e. The van der Waals surface area contributed by atoms with Gasteiger partial charge in [-0.15, -0.1) is 0 Å². The normalized spacial score (nSPS) is 28.1. The van der Waals surface area contributed by atoms with Gasteiger partial charge in [0.25, 0.3) is 0 Å². The molecule has 76 valence electrons. The molecule has 0 radical (unpaired) electrons. The second kappa shape index (κ2) is 3.50. The maximum Gasteiger partial charge on any atom is 0.312 e. The summed E-state index contributed by atoms with van der Waals surface area (Å²) in [5.74, 6) is 0.136. The Morgan fingerprint density at radius 1 is 1.71 bits per heavy atom. The van der Waals surface area contributed by atoms with E-state index in [0.717, 1.165) is 17.5 Å². The van der Waals surface area contributed by atoms with Crippen LogP contribution in [0.4, 0.5) is 0 Å². The van der Waals surface area contributed by atoms with Crippen LogP contribution < -0.4 is 0 Å². The van der Waals surface area contributed by atoms with Crippen LogP contribution in [-0.2, 0) is 9.53 Å². The van der Waals surface area contributed by atoms with Crippen LogP contribution in [0.3, 0.4) is 0 Å². The van der Waals surface area contributed by atoms with Crippen molar-refractivity contribution in [3.8, 4) is 0 Å². The molecule has 14 heavy (non-hydrogen) atoms. The Kier molecular flexibility index (Phi) is 2.47. The lowest BCUT2D eigenvalue weighted by Crippen LogP contribution is -2.28. The number of halogens is 1. The van der Waals surface area contributed by atoms with E-state index in [1.807, 2.05) is 6.08 Å². The van der Waals surface area contributed by atoms with Crippen LogP contribution in [0.1, 0.15) is 12.8 Å². The molecule has 1 aliphatic heterocycles. The van der Waals surface area contributed by atoms with E-state index in [4.69, 9.17) is 4.74 Å². The number of dihydropyridines is 1. The fourth-order valence-electron chi connectivity index (χ4n) is 1.92. The molecule has 1 heterocycles. The lowest BCUT2D eigenvalue weighted by atomic mass is 9.88. The number of ether oxygens (including phenoxy) is 1. The first-order valence-corrected chi connectivity index (χ1v) is 5.45. The Morgan fingerprint density at radius 3 is 2.86 bits per heavy atom. The molecule has 3 nitrogen and oxygen atoms in total. The number of aliphatic imine (C=N–C) groups is 1. The van der Waals surface area contributed by atoms with Crippen LogP contribution in [0.2, 0.25) is 0 Å². The molecule has 2 rings (SSSR count). The van der Waals surface area contributed by atoms with Crippen LogP contribution in [0, 0.1) is 11.3 Å². The van der Waals surface area contributed by atoms with Crippen molar-refractivity contribution in [3.05, 3.63) is 12.2 Å². The summed E-state index contributed by atoms with van der Waals surface area (Å²) in [5, 5.41) is 0. The molecule has 1 saturated carbocycles. The number of hydrogen-bond donors (Lipinski definition) is 0. The monoisotopic (exact) mass is 257 g/mol. The summed E-state index contributed by atoms with van der Waals surface area (Å²) < 4.78 is 5.68. The van der Waals surface area contributed by atoms with E-state index in [1.54, 1.807) is 0 Å². The molecular weight excluding hydrogens is 246 g/mol. The zero-order valence-corrected chi connectivity index (χ0v) is 9.58. The topological polar surface area (TPSA) is 38.7 Å². The van der Waals surface area contributed by atoms with Gasteiger partial charge in [-0.25, -0.2) is 0 Å². The highest BCUT2D eigenvalue weighted by atomic mass is 79.9. The number of carbonyl (C=O) groups is 1. The van der Waals surface area contributed by atoms with E-state index in [0.29, 0.717) is 6.54 Å². The van der Waals surface area contributed by atoms with Crippen molar-refractivity contribution in [2.75, 3.05) is 13.7 Å². The minimum atomic E-state index is -0.261. The van der Waals surface area contributed by atoms with Gasteiger partial charge in [-0.2, -0.15) is 0 Å². The number of rotatable bonds is 2. The molecule has 1 aliphatic carbocycles. The molecule has 0 amide bonds. The number of esters is 1. The SMILES string of the molecule is COC(=O)C1(C2C=CC(Br)=NC2)CC1. The fraction of sp³-hybridized carbons (Fsp3) is 0.600. The van der Waals surface area contributed by atoms with Gasteiger partial charge in [0, 0.05) is 12.5 Å². The maximum atomic E-state index is 11.6. The lowest BCUT2D eigenvalue weighted by molar-refractivity contribution is -0.148. The Balaban J connectivity index is 2.10. The second-order valence-corrected chi connectivity index (χ2v) is 4.59. The van der Waals surface area contributed by atoms with Gasteiger partial charge in [0.05, 0.1) is 17.1 Å². The lowest BCUT2D eigenvalue weighted by Gasteiger charge is -2.22. The molecule has 0 bridgehead atoms. The number of allylic oxidation sites excluding steroid dienone is 1. The van der Waals surface area contributed by atoms with Crippen LogP contribution >= 0.6 is 15.9 Å². The summed E-state index contributed by atoms with van der Waals surface area (Å²) in [7, 11) is 1.45. The van der Waals surface area contributed by atoms with E-state index in [9.17, 15) is 4.79 Å². The molecule has 4 heteroatoms. The fourth-order valence-corrected chi connectivity index (χ4v) is 2.22. The summed E-state index contributed by atoms with van der Waals surface area (Å²) in [6, 6.07) is 0. The van der Waals surface area contributed by atoms with Crippen molar-refractivity contribution in [2.45, 2.75) is 12.8 Å². The van der Waals surface area contributed by atoms with Crippen molar-refractivity contribution in [2.24, 2.45) is 16.3 Å². The average molecular weight is 258 g/mol. The molecular formula is C10H12BrNO2. The molecule has 0 N–H and O–H groups in total. The van der Waals surface area contributed by atoms with E-state index in [2.05, 4.69) is 27.0 Å². The molecule has 2 aliphatic rings. The predicted octanol–water partition coefficient (Wildman–Crippen LogP) is 1.92. The number of hydrogen-bond acceptors (Lipinski definition) is 3. The van der Waals surface area contributed by atoms with Gasteiger partial charge in [0.1, 0.15) is 0 Å². The smallest absolute Gasteiger partial charge is 0.312 e. The third-order valence-electron chi connectivity index (χ3n) is 3.00. The van der Waals surface area contributed by atoms with Crippen LogP contribution in [-0.4, -0.2) is 24.2 Å². The van der Waals surface area contributed by atoms with Crippen molar-refractivity contribution in [1.29, 1.82) is 0 Å². The van der Waals surface area contributed by atoms with Gasteiger partial charge in [-0.3, -0.25) is 9.79 Å². The van der Waals surface area contributed by atoms with Gasteiger partial charge in [-0.1, -0.05) is 6.08 Å². The molecule has 0 saturated heterocycles. The average Bonchev–Trinajstić information content (AvgIpc) is 2.99. The molecule has 0 aromatic heterocycles. The maximum absolute atomic E-state index is 11.6.